The Morgan fingerprint density at radius 3 is 2.64 bits per heavy atom. The molecular formula is C17H10N4O3S. The molecule has 0 amide bonds. The highest BCUT2D eigenvalue weighted by atomic mass is 32.1. The molecule has 0 aliphatic heterocycles. The summed E-state index contributed by atoms with van der Waals surface area (Å²) in [7, 11) is 0. The Hall–Kier alpha value is -3.39. The maximum atomic E-state index is 12.7. The molecule has 2 heterocycles. The molecule has 8 heteroatoms. The maximum absolute atomic E-state index is 12.7. The van der Waals surface area contributed by atoms with Crippen molar-refractivity contribution in [2.45, 2.75) is 0 Å². The second-order valence-electron chi connectivity index (χ2n) is 5.28. The summed E-state index contributed by atoms with van der Waals surface area (Å²) < 4.78 is 1.91. The van der Waals surface area contributed by atoms with Gasteiger partial charge in [-0.1, -0.05) is 53.8 Å². The molecule has 0 radical (unpaired) electrons. The van der Waals surface area contributed by atoms with Crippen LogP contribution in [0.15, 0.2) is 59.4 Å². The Balaban J connectivity index is 1.89. The van der Waals surface area contributed by atoms with Crippen molar-refractivity contribution in [3.63, 3.8) is 0 Å². The molecule has 0 aliphatic carbocycles. The van der Waals surface area contributed by atoms with E-state index in [1.54, 1.807) is 18.2 Å². The number of thiazole rings is 1. The summed E-state index contributed by atoms with van der Waals surface area (Å²) in [5.74, 6) is 0.482. The normalized spacial score (nSPS) is 11.9. The summed E-state index contributed by atoms with van der Waals surface area (Å²) >= 11 is 1.20. The van der Waals surface area contributed by atoms with Gasteiger partial charge in [-0.15, -0.1) is 10.2 Å². The number of aromatic nitrogens is 3. The van der Waals surface area contributed by atoms with Crippen molar-refractivity contribution < 1.29 is 4.92 Å². The number of nitro benzene ring substituents is 1. The monoisotopic (exact) mass is 350 g/mol. The van der Waals surface area contributed by atoms with Crippen LogP contribution in [0.1, 0.15) is 5.56 Å². The van der Waals surface area contributed by atoms with E-state index in [1.807, 2.05) is 30.3 Å². The van der Waals surface area contributed by atoms with E-state index in [1.165, 1.54) is 27.9 Å². The van der Waals surface area contributed by atoms with E-state index in [0.717, 1.165) is 5.56 Å². The Bertz CT molecular complexity index is 1200. The number of non-ortho nitro benzene ring substituents is 1. The second-order valence-corrected chi connectivity index (χ2v) is 6.28. The number of hydrogen-bond donors (Lipinski definition) is 0. The number of fused-ring (bicyclic) bond motifs is 1. The zero-order valence-corrected chi connectivity index (χ0v) is 13.5. The van der Waals surface area contributed by atoms with Gasteiger partial charge in [0, 0.05) is 17.7 Å². The van der Waals surface area contributed by atoms with Gasteiger partial charge in [0.05, 0.1) is 9.46 Å². The number of rotatable bonds is 3. The molecule has 0 saturated heterocycles. The van der Waals surface area contributed by atoms with E-state index in [9.17, 15) is 14.9 Å². The lowest BCUT2D eigenvalue weighted by molar-refractivity contribution is -0.384. The van der Waals surface area contributed by atoms with Crippen molar-refractivity contribution in [1.82, 2.24) is 14.6 Å². The van der Waals surface area contributed by atoms with Crippen molar-refractivity contribution in [2.75, 3.05) is 0 Å². The summed E-state index contributed by atoms with van der Waals surface area (Å²) in [6, 6.07) is 15.5. The lowest BCUT2D eigenvalue weighted by atomic mass is 10.2. The minimum Gasteiger partial charge on any atom is -0.267 e. The van der Waals surface area contributed by atoms with Crippen molar-refractivity contribution >= 4 is 28.1 Å². The predicted octanol–water partition coefficient (Wildman–Crippen LogP) is 2.27. The van der Waals surface area contributed by atoms with Gasteiger partial charge in [-0.3, -0.25) is 14.9 Å². The Morgan fingerprint density at radius 2 is 1.88 bits per heavy atom. The molecular weight excluding hydrogens is 340 g/mol. The molecule has 25 heavy (non-hydrogen) atoms. The first-order valence-electron chi connectivity index (χ1n) is 7.33. The first-order valence-corrected chi connectivity index (χ1v) is 8.15. The van der Waals surface area contributed by atoms with E-state index < -0.39 is 4.92 Å². The smallest absolute Gasteiger partial charge is 0.267 e. The zero-order chi connectivity index (χ0) is 17.4. The average Bonchev–Trinajstić information content (AvgIpc) is 3.17. The number of nitro groups is 1. The Morgan fingerprint density at radius 1 is 1.08 bits per heavy atom. The van der Waals surface area contributed by atoms with E-state index in [2.05, 4.69) is 10.2 Å². The fourth-order valence-electron chi connectivity index (χ4n) is 2.52. The van der Waals surface area contributed by atoms with Crippen LogP contribution in [0.4, 0.5) is 5.69 Å². The third kappa shape index (κ3) is 2.68. The van der Waals surface area contributed by atoms with Gasteiger partial charge in [-0.2, -0.15) is 0 Å². The number of benzene rings is 2. The molecule has 0 bridgehead atoms. The van der Waals surface area contributed by atoms with E-state index in [-0.39, 0.29) is 11.2 Å². The molecule has 0 fully saturated rings. The highest BCUT2D eigenvalue weighted by Gasteiger charge is 2.14. The van der Waals surface area contributed by atoms with Crippen LogP contribution in [0.3, 0.4) is 0 Å². The minimum absolute atomic E-state index is 0.0193. The lowest BCUT2D eigenvalue weighted by Gasteiger charge is -1.95. The van der Waals surface area contributed by atoms with E-state index >= 15 is 0 Å². The third-order valence-corrected chi connectivity index (χ3v) is 4.62. The maximum Gasteiger partial charge on any atom is 0.276 e. The summed E-state index contributed by atoms with van der Waals surface area (Å²) in [5, 5.41) is 19.0. The van der Waals surface area contributed by atoms with Crippen LogP contribution in [0, 0.1) is 10.1 Å². The van der Waals surface area contributed by atoms with Crippen molar-refractivity contribution in [3.05, 3.63) is 85.2 Å². The largest absolute Gasteiger partial charge is 0.276 e. The van der Waals surface area contributed by atoms with Crippen LogP contribution in [0.2, 0.25) is 0 Å². The molecule has 7 nitrogen and oxygen atoms in total. The molecule has 122 valence electrons. The van der Waals surface area contributed by atoms with Crippen LogP contribution in [0.5, 0.6) is 0 Å². The highest BCUT2D eigenvalue weighted by molar-refractivity contribution is 7.15. The topological polar surface area (TPSA) is 90.4 Å². The minimum atomic E-state index is -0.464. The summed E-state index contributed by atoms with van der Waals surface area (Å²) in [4.78, 5) is 23.6. The van der Waals surface area contributed by atoms with E-state index in [4.69, 9.17) is 0 Å². The molecule has 2 aromatic carbocycles. The zero-order valence-electron chi connectivity index (χ0n) is 12.7. The molecule has 0 unspecified atom stereocenters. The molecule has 2 aromatic heterocycles. The lowest BCUT2D eigenvalue weighted by Crippen LogP contribution is -2.23. The van der Waals surface area contributed by atoms with Crippen LogP contribution >= 0.6 is 11.3 Å². The molecule has 0 aliphatic rings. The fourth-order valence-corrected chi connectivity index (χ4v) is 3.43. The standard InChI is InChI=1S/C17H10N4O3S/c22-16-14(10-11-5-4-8-13(9-11)21(23)24)25-17-19-18-15(20(16)17)12-6-2-1-3-7-12/h1-10H/b14-10+. The molecule has 4 aromatic rings. The van der Waals surface area contributed by atoms with Gasteiger partial charge >= 0.3 is 0 Å². The van der Waals surface area contributed by atoms with Crippen LogP contribution in [-0.4, -0.2) is 19.5 Å². The first-order chi connectivity index (χ1) is 12.1. The van der Waals surface area contributed by atoms with Crippen LogP contribution in [-0.2, 0) is 0 Å². The molecule has 0 atom stereocenters. The predicted molar refractivity (Wildman–Crippen MR) is 94.5 cm³/mol. The molecule has 0 spiro atoms. The van der Waals surface area contributed by atoms with Crippen LogP contribution in [0.25, 0.3) is 22.4 Å². The van der Waals surface area contributed by atoms with Gasteiger partial charge < -0.3 is 0 Å². The van der Waals surface area contributed by atoms with Gasteiger partial charge in [0.15, 0.2) is 5.82 Å². The quantitative estimate of drug-likeness (QED) is 0.418. The summed E-state index contributed by atoms with van der Waals surface area (Å²) in [6.07, 6.45) is 1.63. The van der Waals surface area contributed by atoms with E-state index in [0.29, 0.717) is 20.9 Å². The number of nitrogens with zero attached hydrogens (tertiary/aromatic N) is 4. The second kappa shape index (κ2) is 5.91. The summed E-state index contributed by atoms with van der Waals surface area (Å²) in [6.45, 7) is 0. The SMILES string of the molecule is O=c1/c(=C\c2cccc([N+](=O)[O-])c2)sc2nnc(-c3ccccc3)n12. The Labute approximate surface area is 144 Å². The Kier molecular flexibility index (Phi) is 3.58. The summed E-state index contributed by atoms with van der Waals surface area (Å²) in [5.41, 5.74) is 1.13. The molecule has 0 N–H and O–H groups in total. The average molecular weight is 350 g/mol. The van der Waals surface area contributed by atoms with Gasteiger partial charge in [-0.25, -0.2) is 4.40 Å². The van der Waals surface area contributed by atoms with Gasteiger partial charge in [0.1, 0.15) is 0 Å². The first kappa shape index (κ1) is 15.2. The van der Waals surface area contributed by atoms with Crippen molar-refractivity contribution in [3.8, 4) is 11.4 Å². The van der Waals surface area contributed by atoms with Crippen molar-refractivity contribution in [2.24, 2.45) is 0 Å². The van der Waals surface area contributed by atoms with Gasteiger partial charge in [0.25, 0.3) is 11.2 Å². The van der Waals surface area contributed by atoms with Crippen LogP contribution < -0.4 is 10.1 Å². The number of hydrogen-bond acceptors (Lipinski definition) is 6. The van der Waals surface area contributed by atoms with Crippen molar-refractivity contribution in [1.29, 1.82) is 0 Å². The third-order valence-electron chi connectivity index (χ3n) is 3.66. The highest BCUT2D eigenvalue weighted by Crippen LogP contribution is 2.17. The molecule has 0 saturated carbocycles. The molecule has 4 rings (SSSR count). The fraction of sp³-hybridized carbons (Fsp3) is 0. The van der Waals surface area contributed by atoms with Gasteiger partial charge in [-0.05, 0) is 11.6 Å². The van der Waals surface area contributed by atoms with Gasteiger partial charge in [0.2, 0.25) is 4.96 Å².